The molecule has 0 spiro atoms. The zero-order chi connectivity index (χ0) is 46.0. The van der Waals surface area contributed by atoms with Crippen LogP contribution in [0.25, 0.3) is 22.3 Å². The van der Waals surface area contributed by atoms with Crippen LogP contribution in [0.1, 0.15) is 116 Å². The van der Waals surface area contributed by atoms with Gasteiger partial charge in [-0.15, -0.1) is 11.3 Å². The number of amides is 1. The molecule has 2 saturated carbocycles. The van der Waals surface area contributed by atoms with Gasteiger partial charge in [0.15, 0.2) is 22.5 Å². The number of aromatic nitrogens is 2. The number of Topliss-reactive ketones (excluding diaryl/α,β-unsaturated/α-hetero) is 1. The van der Waals surface area contributed by atoms with Crippen LogP contribution in [0.15, 0.2) is 41.8 Å². The minimum absolute atomic E-state index is 0.0147. The summed E-state index contributed by atoms with van der Waals surface area (Å²) in [6, 6.07) is 7.01. The van der Waals surface area contributed by atoms with Crippen LogP contribution in [0.5, 0.6) is 11.5 Å². The van der Waals surface area contributed by atoms with E-state index in [0.717, 1.165) is 63.5 Å². The van der Waals surface area contributed by atoms with E-state index >= 15 is 4.39 Å². The Bertz CT molecular complexity index is 2450. The van der Waals surface area contributed by atoms with Crippen molar-refractivity contribution in [2.24, 2.45) is 11.8 Å². The first-order valence-electron chi connectivity index (χ1n) is 23.0. The number of fused-ring (bicyclic) bond motifs is 3. The molecular weight excluding hydrogens is 881 g/mol. The third-order valence-corrected chi connectivity index (χ3v) is 17.3. The molecule has 1 unspecified atom stereocenters. The van der Waals surface area contributed by atoms with Gasteiger partial charge in [-0.1, -0.05) is 38.2 Å². The highest BCUT2D eigenvalue weighted by Crippen LogP contribution is 2.75. The average molecular weight is 939 g/mol. The van der Waals surface area contributed by atoms with Gasteiger partial charge in [0.25, 0.3) is 0 Å². The van der Waals surface area contributed by atoms with E-state index in [4.69, 9.17) is 14.2 Å². The summed E-state index contributed by atoms with van der Waals surface area (Å²) >= 11 is 1.37. The zero-order valence-electron chi connectivity index (χ0n) is 37.2. The Morgan fingerprint density at radius 3 is 2.38 bits per heavy atom. The standard InChI is InChI=1S/C48H58F3N4O8PS/c1-28(2)52-47-54-38(27-65-47)37-22-42(33-18-19-41(61-3)44(51)45(33)53-37)62-32-21-39-40(56)24-48(64(59,60)26-34-35(49)16-11-17-36(34)50)23-30(48)13-8-6-4-5-7-12-29(46(58)55(39)25-32)20-43(57)63-31-14-9-10-15-31/h11,16-19,22,27-32,39H,4-10,12-15,20-21,23-26H2,1-3H3,(H,52,54)(H,59,60)/t29-,30+,32-,39+,48-/m1/s1. The van der Waals surface area contributed by atoms with Gasteiger partial charge in [-0.2, -0.15) is 0 Å². The van der Waals surface area contributed by atoms with E-state index in [1.165, 1.54) is 35.5 Å². The Labute approximate surface area is 381 Å². The quantitative estimate of drug-likeness (QED) is 0.103. The molecule has 2 aliphatic heterocycles. The van der Waals surface area contributed by atoms with Crippen LogP contribution < -0.4 is 14.8 Å². The lowest BCUT2D eigenvalue weighted by atomic mass is 9.94. The Morgan fingerprint density at radius 2 is 1.66 bits per heavy atom. The fourth-order valence-corrected chi connectivity index (χ4v) is 13.7. The Balaban J connectivity index is 1.14. The lowest BCUT2D eigenvalue weighted by molar-refractivity contribution is -0.154. The highest BCUT2D eigenvalue weighted by molar-refractivity contribution is 7.59. The predicted octanol–water partition coefficient (Wildman–Crippen LogP) is 10.4. The van der Waals surface area contributed by atoms with Gasteiger partial charge in [-0.25, -0.2) is 23.1 Å². The number of thiazole rings is 1. The van der Waals surface area contributed by atoms with Crippen molar-refractivity contribution in [3.63, 3.8) is 0 Å². The Morgan fingerprint density at radius 1 is 0.954 bits per heavy atom. The largest absolute Gasteiger partial charge is 0.494 e. The van der Waals surface area contributed by atoms with Crippen LogP contribution in [0.2, 0.25) is 0 Å². The lowest BCUT2D eigenvalue weighted by Gasteiger charge is -2.30. The van der Waals surface area contributed by atoms with E-state index in [0.29, 0.717) is 41.2 Å². The van der Waals surface area contributed by atoms with Gasteiger partial charge in [0.05, 0.1) is 43.1 Å². The van der Waals surface area contributed by atoms with E-state index in [-0.39, 0.29) is 67.3 Å². The Kier molecular flexibility index (Phi) is 14.3. The van der Waals surface area contributed by atoms with Crippen molar-refractivity contribution in [3.05, 3.63) is 64.8 Å². The SMILES string of the molecule is COc1ccc2c(O[C@@H]3C[C@H]4C(=O)C[C@]5(P(=O)(O)Cc6c(F)cccc6F)C[C@@H]5CCCCCCC[C@H](CC(=O)OC5CCCC5)C(=O)N4C3)cc(-c3csc(NC(C)C)n3)nc2c1F. The second-order valence-corrected chi connectivity index (χ2v) is 22.1. The molecule has 4 aliphatic rings. The Hall–Kier alpha value is -4.53. The second-order valence-electron chi connectivity index (χ2n) is 18.7. The highest BCUT2D eigenvalue weighted by atomic mass is 32.1. The number of carbonyl (C=O) groups is 3. The topological polar surface area (TPSA) is 157 Å². The predicted molar refractivity (Wildman–Crippen MR) is 242 cm³/mol. The number of benzene rings is 2. The fourth-order valence-electron chi connectivity index (χ4n) is 10.2. The molecule has 2 aromatic heterocycles. The van der Waals surface area contributed by atoms with Gasteiger partial charge < -0.3 is 29.3 Å². The number of hydrogen-bond donors (Lipinski definition) is 2. The van der Waals surface area contributed by atoms with Crippen LogP contribution in [0, 0.1) is 29.3 Å². The summed E-state index contributed by atoms with van der Waals surface area (Å²) in [4.78, 5) is 66.0. The minimum Gasteiger partial charge on any atom is -0.494 e. The van der Waals surface area contributed by atoms with Crippen molar-refractivity contribution < 1.29 is 51.2 Å². The summed E-state index contributed by atoms with van der Waals surface area (Å²) in [5.74, 6) is -4.88. The van der Waals surface area contributed by atoms with E-state index in [1.807, 2.05) is 13.8 Å². The average Bonchev–Trinajstić information content (AvgIpc) is 3.68. The molecule has 0 radical (unpaired) electrons. The highest BCUT2D eigenvalue weighted by Gasteiger charge is 2.66. The molecule has 4 fully saturated rings. The maximum atomic E-state index is 16.0. The minimum atomic E-state index is -4.46. The molecule has 6 atom stereocenters. The first-order chi connectivity index (χ1) is 31.2. The molecule has 2 aromatic carbocycles. The van der Waals surface area contributed by atoms with Crippen LogP contribution in [-0.2, 0) is 29.8 Å². The number of pyridine rings is 1. The fraction of sp³-hybridized carbons (Fsp3) is 0.562. The smallest absolute Gasteiger partial charge is 0.306 e. The first-order valence-corrected chi connectivity index (χ1v) is 25.7. The number of hydrogen-bond acceptors (Lipinski definition) is 11. The van der Waals surface area contributed by atoms with Crippen molar-refractivity contribution in [2.75, 3.05) is 19.0 Å². The van der Waals surface area contributed by atoms with E-state index in [2.05, 4.69) is 15.3 Å². The number of anilines is 1. The molecule has 2 saturated heterocycles. The number of rotatable bonds is 12. The normalized spacial score (nSPS) is 25.4. The van der Waals surface area contributed by atoms with Crippen LogP contribution in [-0.4, -0.2) is 80.5 Å². The van der Waals surface area contributed by atoms with Crippen LogP contribution >= 0.6 is 18.7 Å². The summed E-state index contributed by atoms with van der Waals surface area (Å²) in [6.45, 7) is 3.89. The molecule has 1 amide bonds. The number of nitrogens with one attached hydrogen (secondary N) is 1. The van der Waals surface area contributed by atoms with Gasteiger partial charge in [0.2, 0.25) is 13.3 Å². The maximum Gasteiger partial charge on any atom is 0.306 e. The van der Waals surface area contributed by atoms with Gasteiger partial charge in [0, 0.05) is 47.2 Å². The third-order valence-electron chi connectivity index (χ3n) is 13.7. The van der Waals surface area contributed by atoms with Crippen molar-refractivity contribution in [1.29, 1.82) is 0 Å². The van der Waals surface area contributed by atoms with Crippen molar-refractivity contribution in [1.82, 2.24) is 14.9 Å². The summed E-state index contributed by atoms with van der Waals surface area (Å²) in [5, 5.41) is 4.58. The molecular formula is C48H58F3N4O8PS. The zero-order valence-corrected chi connectivity index (χ0v) is 38.9. The number of ketones is 1. The lowest BCUT2D eigenvalue weighted by Crippen LogP contribution is -2.45. The van der Waals surface area contributed by atoms with Crippen LogP contribution in [0.3, 0.4) is 0 Å². The van der Waals surface area contributed by atoms with E-state index < -0.39 is 77.4 Å². The number of halogens is 3. The molecule has 12 nitrogen and oxygen atoms in total. The number of carbonyl (C=O) groups excluding carboxylic acids is 3. The summed E-state index contributed by atoms with van der Waals surface area (Å²) in [5.41, 5.74) is 0.260. The monoisotopic (exact) mass is 938 g/mol. The van der Waals surface area contributed by atoms with Gasteiger partial charge in [-0.05, 0) is 89.0 Å². The summed E-state index contributed by atoms with van der Waals surface area (Å²) < 4.78 is 78.4. The summed E-state index contributed by atoms with van der Waals surface area (Å²) in [7, 11) is -3.11. The molecule has 0 bridgehead atoms. The van der Waals surface area contributed by atoms with Gasteiger partial charge >= 0.3 is 5.97 Å². The molecule has 2 N–H and O–H groups in total. The molecule has 2 aliphatic carbocycles. The van der Waals surface area contributed by atoms with Gasteiger partial charge in [-0.3, -0.25) is 18.9 Å². The van der Waals surface area contributed by atoms with Crippen molar-refractivity contribution in [2.45, 2.75) is 146 Å². The maximum absolute atomic E-state index is 16.0. The number of nitrogens with zero attached hydrogens (tertiary/aromatic N) is 3. The third kappa shape index (κ3) is 10.2. The molecule has 8 rings (SSSR count). The first kappa shape index (κ1) is 47.0. The molecule has 65 heavy (non-hydrogen) atoms. The van der Waals surface area contributed by atoms with E-state index in [9.17, 15) is 32.6 Å². The molecule has 350 valence electrons. The van der Waals surface area contributed by atoms with Gasteiger partial charge in [0.1, 0.15) is 40.8 Å². The van der Waals surface area contributed by atoms with Crippen LogP contribution in [0.4, 0.5) is 18.3 Å². The number of methoxy groups -OCH3 is 1. The number of esters is 1. The molecule has 17 heteroatoms. The molecule has 4 heterocycles. The van der Waals surface area contributed by atoms with E-state index in [1.54, 1.807) is 17.5 Å². The molecule has 4 aromatic rings. The number of ether oxygens (including phenoxy) is 3. The van der Waals surface area contributed by atoms with Crippen molar-refractivity contribution >= 4 is 52.4 Å². The second kappa shape index (κ2) is 19.7. The van der Waals surface area contributed by atoms with Crippen molar-refractivity contribution in [3.8, 4) is 22.9 Å². The summed E-state index contributed by atoms with van der Waals surface area (Å²) in [6.07, 6.45) is 6.18.